The number of aliphatic hydroxyl groups excluding tert-OH is 7. The van der Waals surface area contributed by atoms with Crippen LogP contribution in [0.25, 0.3) is 0 Å². The number of unbranched alkanes of at least 4 members (excludes halogenated alkanes) is 18. The van der Waals surface area contributed by atoms with Gasteiger partial charge < -0.3 is 50.5 Å². The lowest BCUT2D eigenvalue weighted by molar-refractivity contribution is -0.303. The number of aliphatic hydroxyl groups is 7. The molecule has 1 aliphatic heterocycles. The maximum absolute atomic E-state index is 12.9. The minimum atomic E-state index is -1.66. The molecule has 1 rings (SSSR count). The molecule has 0 aromatic heterocycles. The van der Waals surface area contributed by atoms with E-state index in [1.54, 1.807) is 0 Å². The summed E-state index contributed by atoms with van der Waals surface area (Å²) in [6.45, 7) is 3.35. The first-order valence-electron chi connectivity index (χ1n) is 20.1. The highest BCUT2D eigenvalue weighted by molar-refractivity contribution is 5.80. The molecule has 11 nitrogen and oxygen atoms in total. The van der Waals surface area contributed by atoms with E-state index < -0.39 is 74.2 Å². The first-order valence-corrected chi connectivity index (χ1v) is 20.1. The van der Waals surface area contributed by atoms with Gasteiger partial charge in [-0.15, -0.1) is 0 Å². The summed E-state index contributed by atoms with van der Waals surface area (Å²) in [7, 11) is 0. The third-order valence-corrected chi connectivity index (χ3v) is 9.82. The van der Waals surface area contributed by atoms with Crippen LogP contribution in [0, 0.1) is 0 Å². The molecule has 0 aromatic carbocycles. The van der Waals surface area contributed by atoms with E-state index in [1.807, 2.05) is 0 Å². The van der Waals surface area contributed by atoms with E-state index >= 15 is 0 Å². The molecule has 0 aliphatic carbocycles. The van der Waals surface area contributed by atoms with Crippen molar-refractivity contribution in [2.45, 2.75) is 217 Å². The fraction of sp³-hybridized carbons (Fsp3) is 0.923. The summed E-state index contributed by atoms with van der Waals surface area (Å²) >= 11 is 0. The molecule has 0 spiro atoms. The molecule has 50 heavy (non-hydrogen) atoms. The predicted octanol–water partition coefficient (Wildman–Crippen LogP) is 4.94. The van der Waals surface area contributed by atoms with E-state index in [-0.39, 0.29) is 12.8 Å². The average molecular weight is 718 g/mol. The largest absolute Gasteiger partial charge is 0.394 e. The molecule has 0 radical (unpaired) electrons. The molecule has 9 unspecified atom stereocenters. The quantitative estimate of drug-likeness (QED) is 0.0350. The molecule has 1 aliphatic rings. The maximum Gasteiger partial charge on any atom is 0.249 e. The van der Waals surface area contributed by atoms with Crippen molar-refractivity contribution in [1.29, 1.82) is 0 Å². The number of rotatable bonds is 32. The smallest absolute Gasteiger partial charge is 0.249 e. The van der Waals surface area contributed by atoms with E-state index in [0.29, 0.717) is 12.8 Å². The van der Waals surface area contributed by atoms with Crippen LogP contribution >= 0.6 is 0 Å². The monoisotopic (exact) mass is 718 g/mol. The van der Waals surface area contributed by atoms with Crippen LogP contribution in [0.5, 0.6) is 0 Å². The lowest BCUT2D eigenvalue weighted by Gasteiger charge is -2.40. The Morgan fingerprint density at radius 1 is 0.680 bits per heavy atom. The highest BCUT2D eigenvalue weighted by Crippen LogP contribution is 2.23. The van der Waals surface area contributed by atoms with Gasteiger partial charge in [-0.05, 0) is 38.5 Å². The first kappa shape index (κ1) is 46.9. The van der Waals surface area contributed by atoms with E-state index in [0.717, 1.165) is 38.5 Å². The maximum atomic E-state index is 12.9. The highest BCUT2D eigenvalue weighted by atomic mass is 16.7. The van der Waals surface area contributed by atoms with E-state index in [1.165, 1.54) is 83.5 Å². The van der Waals surface area contributed by atoms with Crippen molar-refractivity contribution < 1.29 is 50.0 Å². The molecule has 0 bridgehead atoms. The Hall–Kier alpha value is -1.15. The van der Waals surface area contributed by atoms with Gasteiger partial charge >= 0.3 is 0 Å². The molecular weight excluding hydrogens is 642 g/mol. The summed E-state index contributed by atoms with van der Waals surface area (Å²) in [5, 5.41) is 75.1. The zero-order chi connectivity index (χ0) is 37.0. The Bertz CT molecular complexity index is 831. The number of nitrogens with one attached hydrogen (secondary N) is 1. The molecule has 1 amide bonds. The second-order valence-corrected chi connectivity index (χ2v) is 14.4. The highest BCUT2D eigenvalue weighted by Gasteiger charge is 2.44. The Kier molecular flexibility index (Phi) is 28.4. The van der Waals surface area contributed by atoms with Gasteiger partial charge in [-0.25, -0.2) is 0 Å². The summed E-state index contributed by atoms with van der Waals surface area (Å²) in [4.78, 5) is 12.9. The van der Waals surface area contributed by atoms with Crippen molar-refractivity contribution in [3.8, 4) is 0 Å². The summed E-state index contributed by atoms with van der Waals surface area (Å²) < 4.78 is 11.0. The Balaban J connectivity index is 2.55. The number of allylic oxidation sites excluding steroid dienone is 2. The van der Waals surface area contributed by atoms with Crippen molar-refractivity contribution in [3.05, 3.63) is 12.2 Å². The number of carbonyl (C=O) groups is 1. The van der Waals surface area contributed by atoms with E-state index in [2.05, 4.69) is 31.3 Å². The van der Waals surface area contributed by atoms with Gasteiger partial charge in [-0.1, -0.05) is 135 Å². The summed E-state index contributed by atoms with van der Waals surface area (Å²) in [5.74, 6) is -0.712. The summed E-state index contributed by atoms with van der Waals surface area (Å²) in [6, 6.07) is -1.18. The van der Waals surface area contributed by atoms with Crippen LogP contribution < -0.4 is 5.32 Å². The molecule has 1 fully saturated rings. The molecule has 1 heterocycles. The zero-order valence-electron chi connectivity index (χ0n) is 31.4. The minimum Gasteiger partial charge on any atom is -0.394 e. The third kappa shape index (κ3) is 20.8. The second-order valence-electron chi connectivity index (χ2n) is 14.4. The van der Waals surface area contributed by atoms with Crippen molar-refractivity contribution in [2.75, 3.05) is 13.2 Å². The Morgan fingerprint density at radius 2 is 1.18 bits per heavy atom. The molecule has 0 aromatic rings. The van der Waals surface area contributed by atoms with E-state index in [9.17, 15) is 40.5 Å². The zero-order valence-corrected chi connectivity index (χ0v) is 31.4. The second kappa shape index (κ2) is 30.3. The lowest BCUT2D eigenvalue weighted by Crippen LogP contribution is -2.60. The minimum absolute atomic E-state index is 0.255. The van der Waals surface area contributed by atoms with Gasteiger partial charge in [0.15, 0.2) is 6.29 Å². The number of ether oxygens (including phenoxy) is 2. The van der Waals surface area contributed by atoms with Crippen LogP contribution in [0.2, 0.25) is 0 Å². The SMILES string of the molecule is CCCCCCCCCCCC/C=C/CCCC(O)C(O)C(COC1OC(CO)C(O)C(O)C1O)NC(=O)C(O)CCCCCCCCCC. The predicted molar refractivity (Wildman–Crippen MR) is 196 cm³/mol. The lowest BCUT2D eigenvalue weighted by atomic mass is 9.98. The van der Waals surface area contributed by atoms with Crippen molar-refractivity contribution in [1.82, 2.24) is 5.32 Å². The normalized spacial score (nSPS) is 23.6. The van der Waals surface area contributed by atoms with Crippen LogP contribution in [-0.2, 0) is 14.3 Å². The van der Waals surface area contributed by atoms with Gasteiger partial charge in [-0.2, -0.15) is 0 Å². The summed E-state index contributed by atoms with van der Waals surface area (Å²) in [5.41, 5.74) is 0. The number of hydrogen-bond donors (Lipinski definition) is 8. The number of amides is 1. The van der Waals surface area contributed by atoms with Crippen LogP contribution in [-0.4, -0.2) is 110 Å². The van der Waals surface area contributed by atoms with Gasteiger partial charge in [0, 0.05) is 0 Å². The van der Waals surface area contributed by atoms with Gasteiger partial charge in [0.1, 0.15) is 36.6 Å². The third-order valence-electron chi connectivity index (χ3n) is 9.82. The molecule has 0 saturated carbocycles. The van der Waals surface area contributed by atoms with Crippen LogP contribution in [0.1, 0.15) is 162 Å². The van der Waals surface area contributed by atoms with Crippen molar-refractivity contribution >= 4 is 5.91 Å². The van der Waals surface area contributed by atoms with Crippen LogP contribution in [0.3, 0.4) is 0 Å². The first-order chi connectivity index (χ1) is 24.2. The fourth-order valence-electron chi connectivity index (χ4n) is 6.38. The van der Waals surface area contributed by atoms with Crippen molar-refractivity contribution in [2.24, 2.45) is 0 Å². The average Bonchev–Trinajstić information content (AvgIpc) is 3.11. The number of hydrogen-bond acceptors (Lipinski definition) is 10. The van der Waals surface area contributed by atoms with E-state index in [4.69, 9.17) is 9.47 Å². The van der Waals surface area contributed by atoms with Crippen LogP contribution in [0.4, 0.5) is 0 Å². The topological polar surface area (TPSA) is 189 Å². The van der Waals surface area contributed by atoms with Gasteiger partial charge in [0.25, 0.3) is 0 Å². The molecule has 1 saturated heterocycles. The number of carbonyl (C=O) groups excluding carboxylic acids is 1. The van der Waals surface area contributed by atoms with Crippen LogP contribution in [0.15, 0.2) is 12.2 Å². The molecule has 8 N–H and O–H groups in total. The molecular formula is C39H75NO10. The molecule has 11 heteroatoms. The Morgan fingerprint density at radius 3 is 1.72 bits per heavy atom. The van der Waals surface area contributed by atoms with Gasteiger partial charge in [-0.3, -0.25) is 4.79 Å². The fourth-order valence-corrected chi connectivity index (χ4v) is 6.38. The van der Waals surface area contributed by atoms with Gasteiger partial charge in [0.05, 0.1) is 25.4 Å². The molecule has 9 atom stereocenters. The van der Waals surface area contributed by atoms with Crippen molar-refractivity contribution in [3.63, 3.8) is 0 Å². The summed E-state index contributed by atoms with van der Waals surface area (Å²) in [6.07, 6.45) is 17.2. The van der Waals surface area contributed by atoms with Gasteiger partial charge in [0.2, 0.25) is 5.91 Å². The standard InChI is InChI=1S/C39H75NO10/c1-3-5-7-9-11-13-14-15-16-17-18-19-21-22-24-26-31(42)34(44)30(29-49-39-37(47)36(46)35(45)33(28-41)50-39)40-38(48)32(43)27-25-23-20-12-10-8-6-4-2/h19,21,30-37,39,41-47H,3-18,20,22-29H2,1-2H3,(H,40,48)/b21-19+. The Labute approximate surface area is 302 Å². The molecule has 296 valence electrons.